The molecule has 2 N–H and O–H groups in total. The first-order valence-electron chi connectivity index (χ1n) is 6.98. The van der Waals surface area contributed by atoms with Gasteiger partial charge in [-0.1, -0.05) is 18.2 Å². The smallest absolute Gasteiger partial charge is 0.231 e. The van der Waals surface area contributed by atoms with Gasteiger partial charge in [-0.25, -0.2) is 4.98 Å². The first-order valence-corrected chi connectivity index (χ1v) is 6.98. The SMILES string of the molecule is COc1ccccc1CNc1nc2cc3c(cc2[nH]1)OCO3. The van der Waals surface area contributed by atoms with E-state index in [1.807, 2.05) is 36.4 Å². The van der Waals surface area contributed by atoms with Crippen LogP contribution < -0.4 is 19.5 Å². The topological polar surface area (TPSA) is 68.4 Å². The lowest BCUT2D eigenvalue weighted by atomic mass is 10.2. The van der Waals surface area contributed by atoms with Gasteiger partial charge < -0.3 is 24.5 Å². The minimum absolute atomic E-state index is 0.265. The Morgan fingerprint density at radius 3 is 2.91 bits per heavy atom. The highest BCUT2D eigenvalue weighted by atomic mass is 16.7. The highest BCUT2D eigenvalue weighted by Crippen LogP contribution is 2.35. The molecular weight excluding hydrogens is 282 g/mol. The van der Waals surface area contributed by atoms with Crippen molar-refractivity contribution >= 4 is 17.0 Å². The molecule has 0 bridgehead atoms. The van der Waals surface area contributed by atoms with Gasteiger partial charge in [0, 0.05) is 24.2 Å². The zero-order chi connectivity index (χ0) is 14.9. The van der Waals surface area contributed by atoms with E-state index in [1.54, 1.807) is 7.11 Å². The third kappa shape index (κ3) is 2.18. The summed E-state index contributed by atoms with van der Waals surface area (Å²) in [6.45, 7) is 0.886. The van der Waals surface area contributed by atoms with Crippen LogP contribution in [0.5, 0.6) is 17.2 Å². The Hall–Kier alpha value is -2.89. The molecule has 0 spiro atoms. The van der Waals surface area contributed by atoms with E-state index in [1.165, 1.54) is 0 Å². The Kier molecular flexibility index (Phi) is 3.00. The van der Waals surface area contributed by atoms with Gasteiger partial charge in [0.15, 0.2) is 11.5 Å². The van der Waals surface area contributed by atoms with Crippen LogP contribution in [0.2, 0.25) is 0 Å². The fraction of sp³-hybridized carbons (Fsp3) is 0.188. The van der Waals surface area contributed by atoms with Crippen LogP contribution >= 0.6 is 0 Å². The fourth-order valence-electron chi connectivity index (χ4n) is 2.51. The summed E-state index contributed by atoms with van der Waals surface area (Å²) in [6.07, 6.45) is 0. The van der Waals surface area contributed by atoms with Crippen LogP contribution in [0, 0.1) is 0 Å². The highest BCUT2D eigenvalue weighted by Gasteiger charge is 2.16. The number of anilines is 1. The van der Waals surface area contributed by atoms with E-state index in [9.17, 15) is 0 Å². The monoisotopic (exact) mass is 297 g/mol. The molecule has 22 heavy (non-hydrogen) atoms. The molecule has 112 valence electrons. The number of H-pyrrole nitrogens is 1. The molecule has 0 saturated carbocycles. The quantitative estimate of drug-likeness (QED) is 0.775. The predicted octanol–water partition coefficient (Wildman–Crippen LogP) is 2.91. The molecule has 6 nitrogen and oxygen atoms in total. The second-order valence-corrected chi connectivity index (χ2v) is 4.97. The van der Waals surface area contributed by atoms with E-state index in [2.05, 4.69) is 15.3 Å². The summed E-state index contributed by atoms with van der Waals surface area (Å²) < 4.78 is 16.1. The van der Waals surface area contributed by atoms with E-state index >= 15 is 0 Å². The number of nitrogens with zero attached hydrogens (tertiary/aromatic N) is 1. The second kappa shape index (κ2) is 5.14. The van der Waals surface area contributed by atoms with E-state index < -0.39 is 0 Å². The summed E-state index contributed by atoms with van der Waals surface area (Å²) in [5.74, 6) is 3.03. The number of aromatic amines is 1. The van der Waals surface area contributed by atoms with Gasteiger partial charge in [-0.2, -0.15) is 0 Å². The number of ether oxygens (including phenoxy) is 3. The lowest BCUT2D eigenvalue weighted by Crippen LogP contribution is -2.02. The van der Waals surface area contributed by atoms with Crippen molar-refractivity contribution in [2.24, 2.45) is 0 Å². The molecule has 0 amide bonds. The van der Waals surface area contributed by atoms with Gasteiger partial charge in [-0.3, -0.25) is 0 Å². The number of aromatic nitrogens is 2. The molecule has 0 aliphatic carbocycles. The van der Waals surface area contributed by atoms with E-state index in [4.69, 9.17) is 14.2 Å². The summed E-state index contributed by atoms with van der Waals surface area (Å²) >= 11 is 0. The highest BCUT2D eigenvalue weighted by molar-refractivity contribution is 5.81. The zero-order valence-corrected chi connectivity index (χ0v) is 12.1. The number of hydrogen-bond donors (Lipinski definition) is 2. The normalized spacial score (nSPS) is 12.6. The molecule has 0 fully saturated rings. The van der Waals surface area contributed by atoms with Crippen molar-refractivity contribution < 1.29 is 14.2 Å². The molecule has 4 rings (SSSR count). The molecular formula is C16H15N3O3. The van der Waals surface area contributed by atoms with Crippen LogP contribution in [0.1, 0.15) is 5.56 Å². The molecule has 6 heteroatoms. The largest absolute Gasteiger partial charge is 0.496 e. The summed E-state index contributed by atoms with van der Waals surface area (Å²) in [6, 6.07) is 11.7. The van der Waals surface area contributed by atoms with Gasteiger partial charge in [0.2, 0.25) is 12.7 Å². The lowest BCUT2D eigenvalue weighted by Gasteiger charge is -2.08. The zero-order valence-electron chi connectivity index (χ0n) is 12.1. The second-order valence-electron chi connectivity index (χ2n) is 4.97. The van der Waals surface area contributed by atoms with Crippen molar-refractivity contribution in [3.05, 3.63) is 42.0 Å². The van der Waals surface area contributed by atoms with Crippen LogP contribution in [0.15, 0.2) is 36.4 Å². The number of para-hydroxylation sites is 1. The molecule has 0 unspecified atom stereocenters. The maximum atomic E-state index is 5.37. The summed E-state index contributed by atoms with van der Waals surface area (Å²) in [5.41, 5.74) is 2.82. The Morgan fingerprint density at radius 1 is 1.23 bits per heavy atom. The maximum absolute atomic E-state index is 5.37. The van der Waals surface area contributed by atoms with Gasteiger partial charge in [0.05, 0.1) is 18.1 Å². The molecule has 2 heterocycles. The van der Waals surface area contributed by atoms with Crippen LogP contribution in [0.25, 0.3) is 11.0 Å². The molecule has 0 radical (unpaired) electrons. The Balaban J connectivity index is 1.57. The van der Waals surface area contributed by atoms with Crippen molar-refractivity contribution in [3.63, 3.8) is 0 Å². The number of hydrogen-bond acceptors (Lipinski definition) is 5. The first-order chi connectivity index (χ1) is 10.8. The predicted molar refractivity (Wildman–Crippen MR) is 82.5 cm³/mol. The van der Waals surface area contributed by atoms with E-state index in [-0.39, 0.29) is 6.79 Å². The summed E-state index contributed by atoms with van der Waals surface area (Å²) in [4.78, 5) is 7.75. The molecule has 0 atom stereocenters. The number of rotatable bonds is 4. The molecule has 0 saturated heterocycles. The number of benzene rings is 2. The maximum Gasteiger partial charge on any atom is 0.231 e. The van der Waals surface area contributed by atoms with Crippen molar-refractivity contribution in [1.29, 1.82) is 0 Å². The van der Waals surface area contributed by atoms with Crippen LogP contribution in [0.3, 0.4) is 0 Å². The minimum Gasteiger partial charge on any atom is -0.496 e. The first kappa shape index (κ1) is 12.8. The molecule has 1 aromatic heterocycles. The van der Waals surface area contributed by atoms with Crippen LogP contribution in [0.4, 0.5) is 5.95 Å². The third-order valence-corrected chi connectivity index (χ3v) is 3.62. The van der Waals surface area contributed by atoms with Gasteiger partial charge >= 0.3 is 0 Å². The van der Waals surface area contributed by atoms with Crippen molar-refractivity contribution in [3.8, 4) is 17.2 Å². The fourth-order valence-corrected chi connectivity index (χ4v) is 2.51. The molecule has 3 aromatic rings. The van der Waals surface area contributed by atoms with Gasteiger partial charge in [-0.05, 0) is 6.07 Å². The van der Waals surface area contributed by atoms with Gasteiger partial charge in [0.25, 0.3) is 0 Å². The number of imidazole rings is 1. The van der Waals surface area contributed by atoms with Gasteiger partial charge in [-0.15, -0.1) is 0 Å². The third-order valence-electron chi connectivity index (χ3n) is 3.62. The van der Waals surface area contributed by atoms with Crippen LogP contribution in [-0.4, -0.2) is 23.9 Å². The average Bonchev–Trinajstić information content (AvgIpc) is 3.15. The van der Waals surface area contributed by atoms with E-state index in [0.29, 0.717) is 12.5 Å². The van der Waals surface area contributed by atoms with Gasteiger partial charge in [0.1, 0.15) is 5.75 Å². The summed E-state index contributed by atoms with van der Waals surface area (Å²) in [5, 5.41) is 3.27. The Labute approximate surface area is 127 Å². The van der Waals surface area contributed by atoms with Crippen LogP contribution in [-0.2, 0) is 6.54 Å². The van der Waals surface area contributed by atoms with E-state index in [0.717, 1.165) is 33.8 Å². The van der Waals surface area contributed by atoms with Crippen molar-refractivity contribution in [1.82, 2.24) is 9.97 Å². The summed E-state index contributed by atoms with van der Waals surface area (Å²) in [7, 11) is 1.67. The molecule has 2 aromatic carbocycles. The number of nitrogens with one attached hydrogen (secondary N) is 2. The number of fused-ring (bicyclic) bond motifs is 2. The lowest BCUT2D eigenvalue weighted by molar-refractivity contribution is 0.174. The van der Waals surface area contributed by atoms with Crippen molar-refractivity contribution in [2.75, 3.05) is 19.2 Å². The number of methoxy groups -OCH3 is 1. The van der Waals surface area contributed by atoms with Crippen molar-refractivity contribution in [2.45, 2.75) is 6.54 Å². The Bertz CT molecular complexity index is 788. The average molecular weight is 297 g/mol. The Morgan fingerprint density at radius 2 is 2.05 bits per heavy atom. The standard InChI is InChI=1S/C16H15N3O3/c1-20-13-5-3-2-4-10(13)8-17-16-18-11-6-14-15(22-9-21-14)7-12(11)19-16/h2-7H,8-9H2,1H3,(H2,17,18,19). The minimum atomic E-state index is 0.265. The molecule has 1 aliphatic rings. The molecule has 1 aliphatic heterocycles.